The lowest BCUT2D eigenvalue weighted by molar-refractivity contribution is -0.117. The number of aryl methyl sites for hydroxylation is 3. The fourth-order valence-electron chi connectivity index (χ4n) is 4.28. The lowest BCUT2D eigenvalue weighted by Gasteiger charge is -2.40. The maximum Gasteiger partial charge on any atom is 0.167 e. The number of sulfone groups is 1. The normalized spacial score (nSPS) is 22.9. The number of hydrogen-bond donors (Lipinski definition) is 1. The van der Waals surface area contributed by atoms with E-state index in [1.807, 2.05) is 32.9 Å². The number of carbonyl (C=O) groups excluding carboxylic acids is 1. The Morgan fingerprint density at radius 2 is 1.54 bits per heavy atom. The van der Waals surface area contributed by atoms with E-state index < -0.39 is 9.84 Å². The lowest BCUT2D eigenvalue weighted by Crippen LogP contribution is -2.38. The number of aliphatic hydroxyl groups is 1. The van der Waals surface area contributed by atoms with Crippen LogP contribution >= 0.6 is 0 Å². The van der Waals surface area contributed by atoms with Crippen LogP contribution in [0, 0.1) is 26.2 Å². The number of rotatable bonds is 1. The summed E-state index contributed by atoms with van der Waals surface area (Å²) in [6.07, 6.45) is 1.65. The average molecular weight is 348 g/mol. The Morgan fingerprint density at radius 3 is 2.04 bits per heavy atom. The Morgan fingerprint density at radius 1 is 1.00 bits per heavy atom. The molecule has 1 aliphatic heterocycles. The van der Waals surface area contributed by atoms with Gasteiger partial charge in [0.05, 0.1) is 17.1 Å². The topological polar surface area (TPSA) is 71.4 Å². The predicted octanol–water partition coefficient (Wildman–Crippen LogP) is 3.44. The summed E-state index contributed by atoms with van der Waals surface area (Å²) in [6, 6.07) is 4.04. The van der Waals surface area contributed by atoms with Gasteiger partial charge in [0.2, 0.25) is 0 Å². The van der Waals surface area contributed by atoms with Gasteiger partial charge >= 0.3 is 0 Å². The Balaban J connectivity index is 2.00. The van der Waals surface area contributed by atoms with Crippen LogP contribution in [-0.4, -0.2) is 30.8 Å². The molecule has 0 atom stereocenters. The van der Waals surface area contributed by atoms with Crippen LogP contribution < -0.4 is 0 Å². The first kappa shape index (κ1) is 17.2. The molecule has 1 fully saturated rings. The summed E-state index contributed by atoms with van der Waals surface area (Å²) in [5.74, 6) is 0.297. The quantitative estimate of drug-likeness (QED) is 0.844. The first-order valence-corrected chi connectivity index (χ1v) is 10.2. The molecule has 0 saturated carbocycles. The molecule has 3 rings (SSSR count). The van der Waals surface area contributed by atoms with Gasteiger partial charge < -0.3 is 5.11 Å². The van der Waals surface area contributed by atoms with Gasteiger partial charge in [0.1, 0.15) is 15.6 Å². The number of allylic oxidation sites excluding steroid dienone is 2. The third-order valence-electron chi connectivity index (χ3n) is 5.46. The van der Waals surface area contributed by atoms with Gasteiger partial charge in [0.15, 0.2) is 5.78 Å². The molecule has 0 bridgehead atoms. The van der Waals surface area contributed by atoms with E-state index in [1.165, 1.54) is 0 Å². The second kappa shape index (κ2) is 5.73. The molecular formula is C19H24O4S. The molecule has 0 radical (unpaired) electrons. The van der Waals surface area contributed by atoms with Gasteiger partial charge in [-0.15, -0.1) is 0 Å². The zero-order chi connectivity index (χ0) is 17.7. The predicted molar refractivity (Wildman–Crippen MR) is 94.8 cm³/mol. The molecule has 0 unspecified atom stereocenters. The first-order chi connectivity index (χ1) is 11.1. The lowest BCUT2D eigenvalue weighted by atomic mass is 9.68. The summed E-state index contributed by atoms with van der Waals surface area (Å²) in [5.41, 5.74) is 3.99. The third-order valence-corrected chi connectivity index (χ3v) is 7.11. The number of hydrogen-bond acceptors (Lipinski definition) is 4. The van der Waals surface area contributed by atoms with Crippen molar-refractivity contribution in [3.8, 4) is 0 Å². The van der Waals surface area contributed by atoms with Crippen molar-refractivity contribution < 1.29 is 18.3 Å². The molecule has 24 heavy (non-hydrogen) atoms. The smallest absolute Gasteiger partial charge is 0.167 e. The van der Waals surface area contributed by atoms with Crippen molar-refractivity contribution in [3.05, 3.63) is 40.1 Å². The van der Waals surface area contributed by atoms with E-state index in [2.05, 4.69) is 0 Å². The number of Topliss-reactive ketones (excluding diaryl/α,β-unsaturated/α-hetero) is 1. The molecule has 1 N–H and O–H groups in total. The summed E-state index contributed by atoms with van der Waals surface area (Å²) < 4.78 is 23.4. The minimum Gasteiger partial charge on any atom is -0.512 e. The number of benzene rings is 1. The fourth-order valence-corrected chi connectivity index (χ4v) is 5.97. The summed E-state index contributed by atoms with van der Waals surface area (Å²) in [6.45, 7) is 5.93. The maximum atomic E-state index is 12.9. The molecule has 130 valence electrons. The Bertz CT molecular complexity index is 809. The van der Waals surface area contributed by atoms with E-state index in [4.69, 9.17) is 0 Å². The van der Waals surface area contributed by atoms with Crippen molar-refractivity contribution in [1.29, 1.82) is 0 Å². The van der Waals surface area contributed by atoms with Crippen molar-refractivity contribution in [3.63, 3.8) is 0 Å². The number of aliphatic hydroxyl groups excluding tert-OH is 1. The van der Waals surface area contributed by atoms with Gasteiger partial charge in [-0.2, -0.15) is 0 Å². The minimum atomic E-state index is -2.99. The Hall–Kier alpha value is -1.62. The first-order valence-electron chi connectivity index (χ1n) is 8.36. The molecule has 1 heterocycles. The molecule has 2 aliphatic rings. The Labute approximate surface area is 143 Å². The molecule has 1 saturated heterocycles. The van der Waals surface area contributed by atoms with Gasteiger partial charge in [-0.05, 0) is 55.7 Å². The van der Waals surface area contributed by atoms with E-state index in [0.29, 0.717) is 31.3 Å². The fraction of sp³-hybridized carbons (Fsp3) is 0.526. The molecule has 1 aromatic rings. The molecular weight excluding hydrogens is 324 g/mol. The summed E-state index contributed by atoms with van der Waals surface area (Å²) in [7, 11) is -2.99. The van der Waals surface area contributed by atoms with E-state index >= 15 is 0 Å². The number of ketones is 1. The van der Waals surface area contributed by atoms with Crippen LogP contribution in [0.1, 0.15) is 47.9 Å². The van der Waals surface area contributed by atoms with Gasteiger partial charge in [0, 0.05) is 12.8 Å². The van der Waals surface area contributed by atoms with Crippen molar-refractivity contribution in [2.75, 3.05) is 11.5 Å². The highest BCUT2D eigenvalue weighted by Crippen LogP contribution is 2.47. The highest BCUT2D eigenvalue weighted by Gasteiger charge is 2.44. The van der Waals surface area contributed by atoms with Crippen LogP contribution in [0.3, 0.4) is 0 Å². The Kier molecular flexibility index (Phi) is 4.11. The van der Waals surface area contributed by atoms with Crippen LogP contribution in [0.25, 0.3) is 5.57 Å². The third kappa shape index (κ3) is 3.02. The summed E-state index contributed by atoms with van der Waals surface area (Å²) >= 11 is 0. The largest absolute Gasteiger partial charge is 0.512 e. The highest BCUT2D eigenvalue weighted by molar-refractivity contribution is 7.91. The van der Waals surface area contributed by atoms with Crippen molar-refractivity contribution in [2.45, 2.75) is 46.5 Å². The minimum absolute atomic E-state index is 0.0619. The maximum absolute atomic E-state index is 12.9. The molecule has 5 heteroatoms. The molecule has 0 aromatic heterocycles. The monoisotopic (exact) mass is 348 g/mol. The molecule has 1 spiro atoms. The molecule has 4 nitrogen and oxygen atoms in total. The number of carbonyl (C=O) groups is 1. The van der Waals surface area contributed by atoms with Crippen molar-refractivity contribution in [2.24, 2.45) is 5.41 Å². The zero-order valence-corrected chi connectivity index (χ0v) is 15.3. The molecule has 1 aliphatic carbocycles. The second-order valence-electron chi connectivity index (χ2n) is 7.52. The van der Waals surface area contributed by atoms with Crippen molar-refractivity contribution in [1.82, 2.24) is 0 Å². The molecule has 0 amide bonds. The van der Waals surface area contributed by atoms with Gasteiger partial charge in [-0.25, -0.2) is 8.42 Å². The summed E-state index contributed by atoms with van der Waals surface area (Å²) in [5, 5.41) is 10.7. The van der Waals surface area contributed by atoms with Gasteiger partial charge in [-0.1, -0.05) is 17.7 Å². The SMILES string of the molecule is Cc1cc(C)c(C2=C(O)CC3(CCS(=O)(=O)CC3)CC2=O)c(C)c1. The van der Waals surface area contributed by atoms with Crippen LogP contribution in [0.5, 0.6) is 0 Å². The van der Waals surface area contributed by atoms with Crippen LogP contribution in [0.15, 0.2) is 17.9 Å². The van der Waals surface area contributed by atoms with E-state index in [-0.39, 0.29) is 28.5 Å². The van der Waals surface area contributed by atoms with E-state index in [0.717, 1.165) is 22.3 Å². The van der Waals surface area contributed by atoms with Crippen LogP contribution in [0.4, 0.5) is 0 Å². The molecule has 1 aromatic carbocycles. The summed E-state index contributed by atoms with van der Waals surface area (Å²) in [4.78, 5) is 12.9. The van der Waals surface area contributed by atoms with Gasteiger partial charge in [-0.3, -0.25) is 4.79 Å². The van der Waals surface area contributed by atoms with Crippen LogP contribution in [0.2, 0.25) is 0 Å². The van der Waals surface area contributed by atoms with Gasteiger partial charge in [0.25, 0.3) is 0 Å². The van der Waals surface area contributed by atoms with Crippen LogP contribution in [-0.2, 0) is 14.6 Å². The highest BCUT2D eigenvalue weighted by atomic mass is 32.2. The zero-order valence-electron chi connectivity index (χ0n) is 14.5. The second-order valence-corrected chi connectivity index (χ2v) is 9.83. The average Bonchev–Trinajstić information content (AvgIpc) is 2.45. The van der Waals surface area contributed by atoms with E-state index in [9.17, 15) is 18.3 Å². The van der Waals surface area contributed by atoms with Crippen molar-refractivity contribution >= 4 is 21.2 Å². The van der Waals surface area contributed by atoms with E-state index in [1.54, 1.807) is 0 Å². The standard InChI is InChI=1S/C19H24O4S/c1-12-8-13(2)17(14(3)9-12)18-15(20)10-19(11-16(18)21)4-6-24(22,23)7-5-19/h8-9,20H,4-7,10-11H2,1-3H3.